The van der Waals surface area contributed by atoms with E-state index >= 15 is 0 Å². The Morgan fingerprint density at radius 1 is 1.19 bits per heavy atom. The summed E-state index contributed by atoms with van der Waals surface area (Å²) < 4.78 is 18.7. The number of ether oxygens (including phenoxy) is 1. The molecule has 2 aromatic rings. The Morgan fingerprint density at radius 2 is 1.88 bits per heavy atom. The van der Waals surface area contributed by atoms with Crippen LogP contribution in [0.1, 0.15) is 18.0 Å². The molecule has 0 aliphatic rings. The molecule has 0 aliphatic heterocycles. The zero-order valence-electron chi connectivity index (χ0n) is 13.8. The number of rotatable bonds is 8. The number of halogens is 2. The second-order valence-electron chi connectivity index (χ2n) is 5.32. The Morgan fingerprint density at radius 3 is 2.54 bits per heavy atom. The molecule has 0 heterocycles. The van der Waals surface area contributed by atoms with Crippen molar-refractivity contribution in [3.63, 3.8) is 0 Å². The molecule has 0 radical (unpaired) electrons. The second-order valence-corrected chi connectivity index (χ2v) is 6.89. The van der Waals surface area contributed by atoms with Gasteiger partial charge < -0.3 is 15.8 Å². The Balaban J connectivity index is 1.84. The number of urea groups is 1. The van der Waals surface area contributed by atoms with Crippen molar-refractivity contribution in [3.05, 3.63) is 64.9 Å². The van der Waals surface area contributed by atoms with Gasteiger partial charge in [-0.3, -0.25) is 4.79 Å². The standard InChI is InChI=1S/C18H18ClFN2O3S/c19-13-7-5-12(6-8-13)15(22-18(21)24)11-17(23)25-9-10-26-16-4-2-1-3-14(16)20/h1-8,15H,9-11H2,(H3,21,22,24)/t15-/m1/s1. The van der Waals surface area contributed by atoms with Crippen LogP contribution < -0.4 is 11.1 Å². The van der Waals surface area contributed by atoms with Crippen molar-refractivity contribution < 1.29 is 18.7 Å². The van der Waals surface area contributed by atoms with Crippen LogP contribution in [-0.4, -0.2) is 24.4 Å². The summed E-state index contributed by atoms with van der Waals surface area (Å²) in [4.78, 5) is 23.7. The number of primary amides is 1. The van der Waals surface area contributed by atoms with Crippen molar-refractivity contribution in [2.24, 2.45) is 5.73 Å². The lowest BCUT2D eigenvalue weighted by molar-refractivity contribution is -0.143. The largest absolute Gasteiger partial charge is 0.465 e. The quantitative estimate of drug-likeness (QED) is 0.402. The van der Waals surface area contributed by atoms with E-state index in [1.54, 1.807) is 42.5 Å². The van der Waals surface area contributed by atoms with E-state index < -0.39 is 18.0 Å². The molecule has 0 bridgehead atoms. The summed E-state index contributed by atoms with van der Waals surface area (Å²) in [6.45, 7) is 0.127. The first-order valence-corrected chi connectivity index (χ1v) is 9.16. The summed E-state index contributed by atoms with van der Waals surface area (Å²) in [5.74, 6) is -0.383. The van der Waals surface area contributed by atoms with Crippen LogP contribution in [-0.2, 0) is 9.53 Å². The lowest BCUT2D eigenvalue weighted by atomic mass is 10.0. The van der Waals surface area contributed by atoms with Crippen molar-refractivity contribution in [1.82, 2.24) is 5.32 Å². The molecule has 0 saturated heterocycles. The van der Waals surface area contributed by atoms with Gasteiger partial charge in [-0.05, 0) is 29.8 Å². The highest BCUT2D eigenvalue weighted by molar-refractivity contribution is 7.99. The Labute approximate surface area is 160 Å². The van der Waals surface area contributed by atoms with E-state index in [1.165, 1.54) is 17.8 Å². The van der Waals surface area contributed by atoms with Crippen LogP contribution in [0.3, 0.4) is 0 Å². The van der Waals surface area contributed by atoms with Gasteiger partial charge in [-0.1, -0.05) is 35.9 Å². The van der Waals surface area contributed by atoms with Crippen molar-refractivity contribution in [2.75, 3.05) is 12.4 Å². The number of nitrogens with two attached hydrogens (primary N) is 1. The maximum Gasteiger partial charge on any atom is 0.312 e. The minimum absolute atomic E-state index is 0.0745. The maximum absolute atomic E-state index is 13.5. The van der Waals surface area contributed by atoms with E-state index in [4.69, 9.17) is 22.1 Å². The van der Waals surface area contributed by atoms with E-state index in [9.17, 15) is 14.0 Å². The molecule has 26 heavy (non-hydrogen) atoms. The van der Waals surface area contributed by atoms with Crippen molar-refractivity contribution in [2.45, 2.75) is 17.4 Å². The van der Waals surface area contributed by atoms with Crippen molar-refractivity contribution >= 4 is 35.4 Å². The normalized spacial score (nSPS) is 11.6. The Hall–Kier alpha value is -2.25. The highest BCUT2D eigenvalue weighted by Crippen LogP contribution is 2.22. The molecule has 2 amide bonds. The van der Waals surface area contributed by atoms with E-state index in [1.807, 2.05) is 0 Å². The highest BCUT2D eigenvalue weighted by Gasteiger charge is 2.18. The molecule has 8 heteroatoms. The molecule has 3 N–H and O–H groups in total. The summed E-state index contributed by atoms with van der Waals surface area (Å²) in [6.07, 6.45) is -0.0745. The first-order chi connectivity index (χ1) is 12.5. The molecule has 2 rings (SSSR count). The predicted octanol–water partition coefficient (Wildman–Crippen LogP) is 3.91. The minimum Gasteiger partial charge on any atom is -0.465 e. The van der Waals surface area contributed by atoms with Crippen LogP contribution >= 0.6 is 23.4 Å². The van der Waals surface area contributed by atoms with E-state index in [-0.39, 0.29) is 18.8 Å². The molecule has 0 aromatic heterocycles. The van der Waals surface area contributed by atoms with Gasteiger partial charge in [-0.2, -0.15) is 0 Å². The molecular weight excluding hydrogens is 379 g/mol. The summed E-state index contributed by atoms with van der Waals surface area (Å²) in [7, 11) is 0. The van der Waals surface area contributed by atoms with Crippen LogP contribution in [0.15, 0.2) is 53.4 Å². The van der Waals surface area contributed by atoms with Gasteiger partial charge in [0, 0.05) is 15.7 Å². The number of esters is 1. The first kappa shape index (κ1) is 20.1. The zero-order chi connectivity index (χ0) is 18.9. The van der Waals surface area contributed by atoms with E-state index in [2.05, 4.69) is 5.32 Å². The van der Waals surface area contributed by atoms with Crippen molar-refractivity contribution in [3.8, 4) is 0 Å². The van der Waals surface area contributed by atoms with Crippen LogP contribution in [0, 0.1) is 5.82 Å². The lowest BCUT2D eigenvalue weighted by Crippen LogP contribution is -2.34. The number of hydrogen-bond donors (Lipinski definition) is 2. The monoisotopic (exact) mass is 396 g/mol. The van der Waals surface area contributed by atoms with Gasteiger partial charge in [0.1, 0.15) is 12.4 Å². The van der Waals surface area contributed by atoms with Crippen molar-refractivity contribution in [1.29, 1.82) is 0 Å². The molecule has 2 aromatic carbocycles. The van der Waals surface area contributed by atoms with Crippen LogP contribution in [0.25, 0.3) is 0 Å². The fraction of sp³-hybridized carbons (Fsp3) is 0.222. The SMILES string of the molecule is NC(=O)N[C@H](CC(=O)OCCSc1ccccc1F)c1ccc(Cl)cc1. The number of carbonyl (C=O) groups is 2. The molecule has 1 atom stereocenters. The number of carbonyl (C=O) groups excluding carboxylic acids is 2. The molecule has 0 unspecified atom stereocenters. The third kappa shape index (κ3) is 6.57. The smallest absolute Gasteiger partial charge is 0.312 e. The second kappa shape index (κ2) is 10.0. The molecule has 138 valence electrons. The van der Waals surface area contributed by atoms with Gasteiger partial charge >= 0.3 is 12.0 Å². The third-order valence-corrected chi connectivity index (χ3v) is 4.67. The average Bonchev–Trinajstić information content (AvgIpc) is 2.60. The molecular formula is C18H18ClFN2O3S. The Bertz CT molecular complexity index is 758. The van der Waals surface area contributed by atoms with Gasteiger partial charge in [-0.25, -0.2) is 9.18 Å². The van der Waals surface area contributed by atoms with Gasteiger partial charge in [0.2, 0.25) is 0 Å². The van der Waals surface area contributed by atoms with E-state index in [0.29, 0.717) is 21.2 Å². The van der Waals surface area contributed by atoms with Gasteiger partial charge in [-0.15, -0.1) is 11.8 Å². The Kier molecular flexibility index (Phi) is 7.74. The first-order valence-electron chi connectivity index (χ1n) is 7.80. The molecule has 0 aliphatic carbocycles. The number of benzene rings is 2. The fourth-order valence-corrected chi connectivity index (χ4v) is 3.11. The average molecular weight is 397 g/mol. The molecule has 0 spiro atoms. The lowest BCUT2D eigenvalue weighted by Gasteiger charge is -2.17. The van der Waals surface area contributed by atoms with Gasteiger partial charge in [0.25, 0.3) is 0 Å². The predicted molar refractivity (Wildman–Crippen MR) is 99.6 cm³/mol. The third-order valence-electron chi connectivity index (χ3n) is 3.40. The molecule has 0 fully saturated rings. The zero-order valence-corrected chi connectivity index (χ0v) is 15.4. The number of nitrogens with one attached hydrogen (secondary N) is 1. The maximum atomic E-state index is 13.5. The highest BCUT2D eigenvalue weighted by atomic mass is 35.5. The van der Waals surface area contributed by atoms with Gasteiger partial charge in [0.05, 0.1) is 12.5 Å². The summed E-state index contributed by atoms with van der Waals surface area (Å²) in [5.41, 5.74) is 5.86. The van der Waals surface area contributed by atoms with Gasteiger partial charge in [0.15, 0.2) is 0 Å². The van der Waals surface area contributed by atoms with E-state index in [0.717, 1.165) is 0 Å². The fourth-order valence-electron chi connectivity index (χ4n) is 2.21. The minimum atomic E-state index is -0.743. The summed E-state index contributed by atoms with van der Waals surface area (Å²) in [5, 5.41) is 3.05. The van der Waals surface area contributed by atoms with Crippen LogP contribution in [0.4, 0.5) is 9.18 Å². The molecule has 5 nitrogen and oxygen atoms in total. The van der Waals surface area contributed by atoms with Crippen LogP contribution in [0.2, 0.25) is 5.02 Å². The number of thioether (sulfide) groups is 1. The number of hydrogen-bond acceptors (Lipinski definition) is 4. The molecule has 0 saturated carbocycles. The van der Waals surface area contributed by atoms with Crippen LogP contribution in [0.5, 0.6) is 0 Å². The summed E-state index contributed by atoms with van der Waals surface area (Å²) >= 11 is 7.10. The topological polar surface area (TPSA) is 81.4 Å². The summed E-state index contributed by atoms with van der Waals surface area (Å²) in [6, 6.07) is 11.7. The number of amides is 2.